The van der Waals surface area contributed by atoms with Crippen molar-refractivity contribution in [2.75, 3.05) is 13.2 Å². The Bertz CT molecular complexity index is 916. The first-order chi connectivity index (χ1) is 21.8. The van der Waals surface area contributed by atoms with Gasteiger partial charge in [0, 0.05) is 12.8 Å². The van der Waals surface area contributed by atoms with Gasteiger partial charge in [0.1, 0.15) is 6.61 Å². The van der Waals surface area contributed by atoms with E-state index in [0.29, 0.717) is 19.3 Å². The van der Waals surface area contributed by atoms with Gasteiger partial charge in [-0.2, -0.15) is 0 Å². The highest BCUT2D eigenvalue weighted by Gasteiger charge is 2.22. The van der Waals surface area contributed by atoms with E-state index in [9.17, 15) is 14.2 Å². The molecule has 8 nitrogen and oxygen atoms in total. The smallest absolute Gasteiger partial charge is 0.462 e. The Morgan fingerprint density at radius 1 is 0.600 bits per heavy atom. The Kier molecular flexibility index (Phi) is 30.1. The Hall–Kier alpha value is -2.25. The van der Waals surface area contributed by atoms with Crippen LogP contribution in [0.4, 0.5) is 0 Å². The quantitative estimate of drug-likeness (QED) is 0.0341. The fourth-order valence-electron chi connectivity index (χ4n) is 4.29. The molecule has 0 heterocycles. The zero-order valence-electron chi connectivity index (χ0n) is 28.0. The normalized spacial score (nSPS) is 13.2. The number of hydrogen-bond donors (Lipinski definition) is 2. The van der Waals surface area contributed by atoms with Gasteiger partial charge in [0.25, 0.3) is 0 Å². The Labute approximate surface area is 273 Å². The number of esters is 2. The summed E-state index contributed by atoms with van der Waals surface area (Å²) in [6, 6.07) is 0. The van der Waals surface area contributed by atoms with E-state index in [4.69, 9.17) is 19.3 Å². The maximum Gasteiger partial charge on any atom is 0.469 e. The molecule has 258 valence electrons. The van der Waals surface area contributed by atoms with Crippen molar-refractivity contribution in [3.05, 3.63) is 60.8 Å². The second-order valence-electron chi connectivity index (χ2n) is 11.1. The van der Waals surface area contributed by atoms with Crippen LogP contribution in [0.3, 0.4) is 0 Å². The Morgan fingerprint density at radius 3 is 1.58 bits per heavy atom. The molecule has 0 aliphatic carbocycles. The molecule has 0 aromatic heterocycles. The zero-order chi connectivity index (χ0) is 33.3. The highest BCUT2D eigenvalue weighted by atomic mass is 31.2. The lowest BCUT2D eigenvalue weighted by Gasteiger charge is -2.18. The van der Waals surface area contributed by atoms with Crippen molar-refractivity contribution in [1.82, 2.24) is 0 Å². The summed E-state index contributed by atoms with van der Waals surface area (Å²) >= 11 is 0. The van der Waals surface area contributed by atoms with Crippen molar-refractivity contribution in [3.8, 4) is 0 Å². The molecule has 0 fully saturated rings. The van der Waals surface area contributed by atoms with E-state index in [2.05, 4.69) is 67.0 Å². The fraction of sp³-hybridized carbons (Fsp3) is 0.667. The topological polar surface area (TPSA) is 119 Å². The maximum absolute atomic E-state index is 12.3. The average Bonchev–Trinajstić information content (AvgIpc) is 3.00. The van der Waals surface area contributed by atoms with Gasteiger partial charge >= 0.3 is 19.8 Å². The minimum Gasteiger partial charge on any atom is -0.462 e. The van der Waals surface area contributed by atoms with E-state index in [1.54, 1.807) is 0 Å². The molecule has 0 aliphatic rings. The summed E-state index contributed by atoms with van der Waals surface area (Å²) in [5, 5.41) is 0. The molecule has 0 radical (unpaired) electrons. The van der Waals surface area contributed by atoms with Crippen LogP contribution in [0, 0.1) is 0 Å². The van der Waals surface area contributed by atoms with Crippen LogP contribution in [0.15, 0.2) is 60.8 Å². The van der Waals surface area contributed by atoms with Crippen molar-refractivity contribution in [3.63, 3.8) is 0 Å². The third-order valence-corrected chi connectivity index (χ3v) is 7.29. The molecule has 2 N–H and O–H groups in total. The van der Waals surface area contributed by atoms with Crippen LogP contribution >= 0.6 is 7.82 Å². The van der Waals surface area contributed by atoms with E-state index in [0.717, 1.165) is 44.9 Å². The number of rotatable bonds is 30. The van der Waals surface area contributed by atoms with Gasteiger partial charge in [0.2, 0.25) is 0 Å². The van der Waals surface area contributed by atoms with Crippen LogP contribution in [0.25, 0.3) is 0 Å². The molecular formula is C36H61O8P. The molecule has 45 heavy (non-hydrogen) atoms. The van der Waals surface area contributed by atoms with Crippen LogP contribution in [0.5, 0.6) is 0 Å². The zero-order valence-corrected chi connectivity index (χ0v) is 28.9. The Balaban J connectivity index is 4.14. The number of carbonyl (C=O) groups excluding carboxylic acids is 2. The fourth-order valence-corrected chi connectivity index (χ4v) is 4.65. The number of phosphoric ester groups is 1. The summed E-state index contributed by atoms with van der Waals surface area (Å²) in [6.45, 7) is 3.48. The first-order valence-electron chi connectivity index (χ1n) is 17.1. The van der Waals surface area contributed by atoms with Gasteiger partial charge in [-0.3, -0.25) is 14.1 Å². The van der Waals surface area contributed by atoms with Crippen LogP contribution in [0.1, 0.15) is 136 Å². The molecule has 0 aromatic carbocycles. The van der Waals surface area contributed by atoms with Gasteiger partial charge in [-0.05, 0) is 51.4 Å². The van der Waals surface area contributed by atoms with Crippen LogP contribution in [-0.2, 0) is 28.2 Å². The van der Waals surface area contributed by atoms with Gasteiger partial charge < -0.3 is 19.3 Å². The van der Waals surface area contributed by atoms with Crippen molar-refractivity contribution >= 4 is 19.8 Å². The summed E-state index contributed by atoms with van der Waals surface area (Å²) in [5.41, 5.74) is 0. The predicted molar refractivity (Wildman–Crippen MR) is 184 cm³/mol. The first kappa shape index (κ1) is 42.8. The van der Waals surface area contributed by atoms with E-state index in [1.807, 2.05) is 12.2 Å². The molecule has 1 unspecified atom stereocenters. The summed E-state index contributed by atoms with van der Waals surface area (Å²) in [5.74, 6) is -0.961. The third-order valence-electron chi connectivity index (χ3n) is 6.80. The van der Waals surface area contributed by atoms with Gasteiger partial charge in [-0.15, -0.1) is 0 Å². The molecule has 0 spiro atoms. The standard InChI is InChI=1S/C36H61O8P/c1-3-5-7-9-11-13-15-16-17-18-19-20-21-23-25-27-29-31-36(38)44-34(33-43-45(39,40)41)32-42-35(37)30-28-26-24-22-14-12-10-8-6-4-2/h5,7,11,13,16-17,19-20,23,25,34H,3-4,6,8-10,12,14-15,18,21-22,24,26-33H2,1-2H3,(H2,39,40,41)/b7-5-,13-11-,17-16-,20-19-,25-23-. The lowest BCUT2D eigenvalue weighted by Crippen LogP contribution is -2.29. The van der Waals surface area contributed by atoms with Gasteiger partial charge in [0.15, 0.2) is 6.10 Å². The molecule has 0 bridgehead atoms. The van der Waals surface area contributed by atoms with Crippen LogP contribution in [-0.4, -0.2) is 41.0 Å². The summed E-state index contributed by atoms with van der Waals surface area (Å²) in [6.07, 6.45) is 38.1. The molecule has 0 saturated heterocycles. The number of phosphoric acid groups is 1. The number of unbranched alkanes of at least 4 members (excludes halogenated alkanes) is 10. The van der Waals surface area contributed by atoms with Crippen molar-refractivity contribution in [1.29, 1.82) is 0 Å². The van der Waals surface area contributed by atoms with Gasteiger partial charge in [0.05, 0.1) is 6.61 Å². The molecule has 0 amide bonds. The molecule has 0 aromatic rings. The molecular weight excluding hydrogens is 591 g/mol. The summed E-state index contributed by atoms with van der Waals surface area (Å²) in [7, 11) is -4.76. The molecule has 1 atom stereocenters. The van der Waals surface area contributed by atoms with Crippen molar-refractivity contribution in [2.45, 2.75) is 142 Å². The first-order valence-corrected chi connectivity index (χ1v) is 18.6. The monoisotopic (exact) mass is 652 g/mol. The van der Waals surface area contributed by atoms with E-state index < -0.39 is 32.5 Å². The Morgan fingerprint density at radius 2 is 1.07 bits per heavy atom. The molecule has 0 rings (SSSR count). The highest BCUT2D eigenvalue weighted by Crippen LogP contribution is 2.35. The third kappa shape index (κ3) is 34.5. The minimum atomic E-state index is -4.76. The predicted octanol–water partition coefficient (Wildman–Crippen LogP) is 9.78. The van der Waals surface area contributed by atoms with Gasteiger partial charge in [-0.1, -0.05) is 132 Å². The van der Waals surface area contributed by atoms with Crippen LogP contribution < -0.4 is 0 Å². The highest BCUT2D eigenvalue weighted by molar-refractivity contribution is 7.46. The van der Waals surface area contributed by atoms with Gasteiger partial charge in [-0.25, -0.2) is 4.57 Å². The number of ether oxygens (including phenoxy) is 2. The number of hydrogen-bond acceptors (Lipinski definition) is 6. The SMILES string of the molecule is CC/C=C\C/C=C\C/C=C\C/C=C\C/C=C\CCCC(=O)OC(COC(=O)CCCCCCCCCCCC)COP(=O)(O)O. The second-order valence-corrected chi connectivity index (χ2v) is 12.4. The molecule has 9 heteroatoms. The average molecular weight is 653 g/mol. The van der Waals surface area contributed by atoms with Crippen LogP contribution in [0.2, 0.25) is 0 Å². The largest absolute Gasteiger partial charge is 0.469 e. The van der Waals surface area contributed by atoms with E-state index in [-0.39, 0.29) is 19.4 Å². The minimum absolute atomic E-state index is 0.132. The summed E-state index contributed by atoms with van der Waals surface area (Å²) in [4.78, 5) is 42.5. The van der Waals surface area contributed by atoms with Crippen molar-refractivity contribution in [2.24, 2.45) is 0 Å². The van der Waals surface area contributed by atoms with Crippen molar-refractivity contribution < 1.29 is 37.9 Å². The number of allylic oxidation sites excluding steroid dienone is 10. The second kappa shape index (κ2) is 31.7. The molecule has 0 aliphatic heterocycles. The molecule has 0 saturated carbocycles. The lowest BCUT2D eigenvalue weighted by atomic mass is 10.1. The number of carbonyl (C=O) groups is 2. The lowest BCUT2D eigenvalue weighted by molar-refractivity contribution is -0.161. The summed E-state index contributed by atoms with van der Waals surface area (Å²) < 4.78 is 26.1. The van der Waals surface area contributed by atoms with E-state index in [1.165, 1.54) is 44.9 Å². The maximum atomic E-state index is 12.3. The van der Waals surface area contributed by atoms with E-state index >= 15 is 0 Å².